The number of hydrogen-bond acceptors (Lipinski definition) is 5. The van der Waals surface area contributed by atoms with Gasteiger partial charge >= 0.3 is 0 Å². The zero-order valence-corrected chi connectivity index (χ0v) is 16.7. The first-order valence-electron chi connectivity index (χ1n) is 10.0. The molecule has 2 aliphatic heterocycles. The second kappa shape index (κ2) is 9.01. The van der Waals surface area contributed by atoms with E-state index in [-0.39, 0.29) is 12.7 Å². The first-order valence-corrected chi connectivity index (χ1v) is 10.0. The maximum atomic E-state index is 12.5. The summed E-state index contributed by atoms with van der Waals surface area (Å²) in [5.74, 6) is 2.42. The second-order valence-corrected chi connectivity index (χ2v) is 7.12. The van der Waals surface area contributed by atoms with Crippen LogP contribution in [0.5, 0.6) is 17.2 Å². The van der Waals surface area contributed by atoms with Gasteiger partial charge in [0.25, 0.3) is 0 Å². The van der Waals surface area contributed by atoms with Gasteiger partial charge in [0.15, 0.2) is 11.5 Å². The fourth-order valence-corrected chi connectivity index (χ4v) is 3.53. The highest BCUT2D eigenvalue weighted by Gasteiger charge is 2.20. The Balaban J connectivity index is 1.26. The Kier molecular flexibility index (Phi) is 6.00. The van der Waals surface area contributed by atoms with Crippen molar-refractivity contribution in [1.29, 1.82) is 0 Å². The maximum absolute atomic E-state index is 12.5. The van der Waals surface area contributed by atoms with Gasteiger partial charge < -0.3 is 19.1 Å². The summed E-state index contributed by atoms with van der Waals surface area (Å²) in [6, 6.07) is 13.9. The van der Waals surface area contributed by atoms with Gasteiger partial charge in [-0.2, -0.15) is 0 Å². The first-order chi connectivity index (χ1) is 14.2. The highest BCUT2D eigenvalue weighted by molar-refractivity contribution is 5.92. The number of amides is 1. The standard InChI is InChI=1S/C23H26N2O4/c1-2-27-20-7-3-19(4-8-20)16-24-11-13-25(14-12-24)23(26)10-6-18-5-9-21-22(15-18)29-17-28-21/h3-10,15H,2,11-14,16-17H2,1H3/b10-6+. The van der Waals surface area contributed by atoms with E-state index in [9.17, 15) is 4.79 Å². The van der Waals surface area contributed by atoms with Crippen molar-refractivity contribution in [2.45, 2.75) is 13.5 Å². The van der Waals surface area contributed by atoms with Crippen LogP contribution in [-0.2, 0) is 11.3 Å². The van der Waals surface area contributed by atoms with Gasteiger partial charge in [-0.1, -0.05) is 18.2 Å². The molecule has 2 aromatic carbocycles. The van der Waals surface area contributed by atoms with Crippen LogP contribution in [0, 0.1) is 0 Å². The van der Waals surface area contributed by atoms with Gasteiger partial charge in [-0.25, -0.2) is 0 Å². The summed E-state index contributed by atoms with van der Waals surface area (Å²) in [5, 5.41) is 0. The molecule has 0 aromatic heterocycles. The van der Waals surface area contributed by atoms with Crippen LogP contribution in [0.15, 0.2) is 48.5 Å². The molecule has 0 spiro atoms. The average molecular weight is 394 g/mol. The van der Waals surface area contributed by atoms with Crippen molar-refractivity contribution in [2.24, 2.45) is 0 Å². The fraction of sp³-hybridized carbons (Fsp3) is 0.348. The van der Waals surface area contributed by atoms with E-state index >= 15 is 0 Å². The van der Waals surface area contributed by atoms with E-state index in [0.717, 1.165) is 55.5 Å². The van der Waals surface area contributed by atoms with E-state index in [0.29, 0.717) is 6.61 Å². The molecule has 0 radical (unpaired) electrons. The predicted molar refractivity (Wildman–Crippen MR) is 111 cm³/mol. The molecule has 2 heterocycles. The van der Waals surface area contributed by atoms with Crippen LogP contribution in [0.1, 0.15) is 18.1 Å². The van der Waals surface area contributed by atoms with Crippen molar-refractivity contribution in [3.8, 4) is 17.2 Å². The zero-order valence-electron chi connectivity index (χ0n) is 16.7. The Morgan fingerprint density at radius 2 is 1.79 bits per heavy atom. The van der Waals surface area contributed by atoms with E-state index in [2.05, 4.69) is 17.0 Å². The van der Waals surface area contributed by atoms with E-state index in [4.69, 9.17) is 14.2 Å². The average Bonchev–Trinajstić information content (AvgIpc) is 3.22. The predicted octanol–water partition coefficient (Wildman–Crippen LogP) is 3.17. The van der Waals surface area contributed by atoms with Crippen LogP contribution in [-0.4, -0.2) is 55.3 Å². The minimum atomic E-state index is 0.0448. The lowest BCUT2D eigenvalue weighted by Gasteiger charge is -2.34. The van der Waals surface area contributed by atoms with Crippen molar-refractivity contribution < 1.29 is 19.0 Å². The minimum Gasteiger partial charge on any atom is -0.494 e. The fourth-order valence-electron chi connectivity index (χ4n) is 3.53. The van der Waals surface area contributed by atoms with E-state index < -0.39 is 0 Å². The number of carbonyl (C=O) groups excluding carboxylic acids is 1. The molecule has 6 nitrogen and oxygen atoms in total. The number of nitrogens with zero attached hydrogens (tertiary/aromatic N) is 2. The molecule has 4 rings (SSSR count). The molecule has 0 saturated carbocycles. The largest absolute Gasteiger partial charge is 0.494 e. The number of benzene rings is 2. The molecule has 0 unspecified atom stereocenters. The van der Waals surface area contributed by atoms with Crippen LogP contribution in [0.2, 0.25) is 0 Å². The second-order valence-electron chi connectivity index (χ2n) is 7.12. The van der Waals surface area contributed by atoms with Crippen LogP contribution < -0.4 is 14.2 Å². The minimum absolute atomic E-state index is 0.0448. The molecular weight excluding hydrogens is 368 g/mol. The van der Waals surface area contributed by atoms with Gasteiger partial charge in [-0.3, -0.25) is 9.69 Å². The third kappa shape index (κ3) is 4.90. The molecule has 0 N–H and O–H groups in total. The lowest BCUT2D eigenvalue weighted by molar-refractivity contribution is -0.127. The van der Waals surface area contributed by atoms with E-state index in [1.54, 1.807) is 6.08 Å². The molecule has 6 heteroatoms. The summed E-state index contributed by atoms with van der Waals surface area (Å²) in [7, 11) is 0. The molecule has 0 atom stereocenters. The molecular formula is C23H26N2O4. The SMILES string of the molecule is CCOc1ccc(CN2CCN(C(=O)/C=C/c3ccc4c(c3)OCO4)CC2)cc1. The van der Waals surface area contributed by atoms with Gasteiger partial charge in [0.1, 0.15) is 5.75 Å². The summed E-state index contributed by atoms with van der Waals surface area (Å²) in [6.07, 6.45) is 3.47. The molecule has 0 bridgehead atoms. The smallest absolute Gasteiger partial charge is 0.246 e. The number of piperazine rings is 1. The van der Waals surface area contributed by atoms with E-state index in [1.165, 1.54) is 5.56 Å². The summed E-state index contributed by atoms with van der Waals surface area (Å²) < 4.78 is 16.2. The third-order valence-corrected chi connectivity index (χ3v) is 5.14. The Labute approximate surface area is 171 Å². The molecule has 29 heavy (non-hydrogen) atoms. The lowest BCUT2D eigenvalue weighted by atomic mass is 10.1. The summed E-state index contributed by atoms with van der Waals surface area (Å²) in [4.78, 5) is 16.8. The number of hydrogen-bond donors (Lipinski definition) is 0. The Morgan fingerprint density at radius 3 is 2.55 bits per heavy atom. The lowest BCUT2D eigenvalue weighted by Crippen LogP contribution is -2.47. The van der Waals surface area contributed by atoms with Crippen molar-refractivity contribution in [3.63, 3.8) is 0 Å². The number of ether oxygens (including phenoxy) is 3. The van der Waals surface area contributed by atoms with Crippen molar-refractivity contribution in [2.75, 3.05) is 39.6 Å². The van der Waals surface area contributed by atoms with Crippen molar-refractivity contribution >= 4 is 12.0 Å². The molecule has 1 saturated heterocycles. The number of fused-ring (bicyclic) bond motifs is 1. The Hall–Kier alpha value is -2.99. The van der Waals surface area contributed by atoms with E-state index in [1.807, 2.05) is 48.2 Å². The summed E-state index contributed by atoms with van der Waals surface area (Å²) in [6.45, 7) is 7.03. The van der Waals surface area contributed by atoms with Crippen molar-refractivity contribution in [3.05, 3.63) is 59.7 Å². The molecule has 2 aromatic rings. The molecule has 2 aliphatic rings. The van der Waals surface area contributed by atoms with Crippen LogP contribution >= 0.6 is 0 Å². The van der Waals surface area contributed by atoms with Gasteiger partial charge in [0, 0.05) is 38.8 Å². The maximum Gasteiger partial charge on any atom is 0.246 e. The highest BCUT2D eigenvalue weighted by Crippen LogP contribution is 2.32. The molecule has 1 fully saturated rings. The summed E-state index contributed by atoms with van der Waals surface area (Å²) in [5.41, 5.74) is 2.19. The highest BCUT2D eigenvalue weighted by atomic mass is 16.7. The van der Waals surface area contributed by atoms with Crippen LogP contribution in [0.25, 0.3) is 6.08 Å². The monoisotopic (exact) mass is 394 g/mol. The Morgan fingerprint density at radius 1 is 1.03 bits per heavy atom. The van der Waals surface area contributed by atoms with Gasteiger partial charge in [0.2, 0.25) is 12.7 Å². The normalized spacial score (nSPS) is 16.4. The number of rotatable bonds is 6. The molecule has 152 valence electrons. The van der Waals surface area contributed by atoms with Gasteiger partial charge in [-0.05, 0) is 48.4 Å². The third-order valence-electron chi connectivity index (χ3n) is 5.14. The van der Waals surface area contributed by atoms with Gasteiger partial charge in [0.05, 0.1) is 6.61 Å². The van der Waals surface area contributed by atoms with Gasteiger partial charge in [-0.15, -0.1) is 0 Å². The molecule has 1 amide bonds. The number of carbonyl (C=O) groups is 1. The Bertz CT molecular complexity index is 871. The zero-order chi connectivity index (χ0) is 20.1. The van der Waals surface area contributed by atoms with Crippen molar-refractivity contribution in [1.82, 2.24) is 9.80 Å². The quantitative estimate of drug-likeness (QED) is 0.705. The summed E-state index contributed by atoms with van der Waals surface area (Å²) >= 11 is 0. The topological polar surface area (TPSA) is 51.2 Å². The first kappa shape index (κ1) is 19.3. The van der Waals surface area contributed by atoms with Crippen LogP contribution in [0.4, 0.5) is 0 Å². The van der Waals surface area contributed by atoms with Crippen LogP contribution in [0.3, 0.4) is 0 Å². The molecule has 0 aliphatic carbocycles.